The molecule has 1 atom stereocenters. The summed E-state index contributed by atoms with van der Waals surface area (Å²) in [6.07, 6.45) is 1.08. The lowest BCUT2D eigenvalue weighted by atomic mass is 10.0. The topological polar surface area (TPSA) is 96.0 Å². The van der Waals surface area contributed by atoms with Crippen LogP contribution < -0.4 is 10.1 Å². The van der Waals surface area contributed by atoms with Gasteiger partial charge in [-0.2, -0.15) is 4.31 Å². The molecule has 42 heavy (non-hydrogen) atoms. The van der Waals surface area contributed by atoms with Crippen LogP contribution in [0.2, 0.25) is 0 Å². The van der Waals surface area contributed by atoms with Crippen molar-refractivity contribution in [1.82, 2.24) is 14.5 Å². The number of amides is 2. The molecular formula is C33H35N3O5S. The first-order valence-electron chi connectivity index (χ1n) is 13.5. The number of carbonyl (C=O) groups is 2. The standard InChI is InChI=1S/C33H35N3O5S/c1-41-30-20-18-28(19-21-30)24-36(31(37)25-35(42(2,39)40)23-27-14-8-4-9-15-27)32(29-16-10-5-11-17-29)33(38)34-22-26-12-6-3-7-13-26/h3-21,32H,22-25H2,1-2H3,(H,34,38). The molecule has 0 aliphatic carbocycles. The minimum atomic E-state index is -3.76. The second-order valence-corrected chi connectivity index (χ2v) is 11.9. The van der Waals surface area contributed by atoms with Gasteiger partial charge in [0.2, 0.25) is 21.8 Å². The van der Waals surface area contributed by atoms with E-state index in [-0.39, 0.29) is 25.5 Å². The van der Waals surface area contributed by atoms with Crippen LogP contribution in [0.1, 0.15) is 28.3 Å². The SMILES string of the molecule is COc1ccc(CN(C(=O)CN(Cc2ccccc2)S(C)(=O)=O)C(C(=O)NCc2ccccc2)c2ccccc2)cc1. The van der Waals surface area contributed by atoms with Gasteiger partial charge < -0.3 is 15.0 Å². The largest absolute Gasteiger partial charge is 0.497 e. The van der Waals surface area contributed by atoms with Crippen LogP contribution in [0.15, 0.2) is 115 Å². The summed E-state index contributed by atoms with van der Waals surface area (Å²) in [4.78, 5) is 29.4. The Bertz CT molecular complexity index is 1550. The summed E-state index contributed by atoms with van der Waals surface area (Å²) in [6, 6.07) is 33.8. The highest BCUT2D eigenvalue weighted by atomic mass is 32.2. The molecule has 0 saturated heterocycles. The van der Waals surface area contributed by atoms with E-state index in [4.69, 9.17) is 4.74 Å². The van der Waals surface area contributed by atoms with Crippen molar-refractivity contribution in [2.45, 2.75) is 25.7 Å². The fourth-order valence-electron chi connectivity index (χ4n) is 4.56. The third-order valence-corrected chi connectivity index (χ3v) is 8.00. The molecule has 4 aromatic rings. The van der Waals surface area contributed by atoms with Crippen LogP contribution >= 0.6 is 0 Å². The summed E-state index contributed by atoms with van der Waals surface area (Å²) in [5.41, 5.74) is 3.03. The molecule has 0 fully saturated rings. The first kappa shape index (κ1) is 30.5. The van der Waals surface area contributed by atoms with Crippen LogP contribution in [0.3, 0.4) is 0 Å². The molecule has 1 N–H and O–H groups in total. The van der Waals surface area contributed by atoms with Gasteiger partial charge in [-0.15, -0.1) is 0 Å². The summed E-state index contributed by atoms with van der Waals surface area (Å²) in [7, 11) is -2.19. The number of hydrogen-bond acceptors (Lipinski definition) is 5. The molecule has 0 saturated carbocycles. The van der Waals surface area contributed by atoms with Gasteiger partial charge in [-0.05, 0) is 34.4 Å². The van der Waals surface area contributed by atoms with E-state index >= 15 is 0 Å². The molecule has 0 aromatic heterocycles. The summed E-state index contributed by atoms with van der Waals surface area (Å²) >= 11 is 0. The minimum Gasteiger partial charge on any atom is -0.497 e. The second kappa shape index (κ2) is 14.4. The number of hydrogen-bond donors (Lipinski definition) is 1. The van der Waals surface area contributed by atoms with E-state index in [1.54, 1.807) is 43.5 Å². The van der Waals surface area contributed by atoms with Crippen LogP contribution in [0.4, 0.5) is 0 Å². The number of carbonyl (C=O) groups excluding carboxylic acids is 2. The van der Waals surface area contributed by atoms with Crippen molar-refractivity contribution in [2.24, 2.45) is 0 Å². The molecule has 0 aliphatic rings. The smallest absolute Gasteiger partial charge is 0.247 e. The lowest BCUT2D eigenvalue weighted by molar-refractivity contribution is -0.141. The van der Waals surface area contributed by atoms with E-state index in [0.717, 1.165) is 27.3 Å². The molecule has 0 bridgehead atoms. The number of benzene rings is 4. The third kappa shape index (κ3) is 8.52. The fourth-order valence-corrected chi connectivity index (χ4v) is 5.29. The van der Waals surface area contributed by atoms with Gasteiger partial charge in [0.05, 0.1) is 19.9 Å². The zero-order valence-corrected chi connectivity index (χ0v) is 24.5. The average Bonchev–Trinajstić information content (AvgIpc) is 3.01. The number of ether oxygens (including phenoxy) is 1. The zero-order chi connectivity index (χ0) is 30.0. The highest BCUT2D eigenvalue weighted by Gasteiger charge is 2.33. The van der Waals surface area contributed by atoms with Crippen LogP contribution in [0.25, 0.3) is 0 Å². The van der Waals surface area contributed by atoms with Crippen molar-refractivity contribution >= 4 is 21.8 Å². The Kier molecular flexibility index (Phi) is 10.5. The van der Waals surface area contributed by atoms with E-state index in [1.807, 2.05) is 78.9 Å². The van der Waals surface area contributed by atoms with Crippen molar-refractivity contribution in [1.29, 1.82) is 0 Å². The Morgan fingerprint density at radius 2 is 1.26 bits per heavy atom. The lowest BCUT2D eigenvalue weighted by Gasteiger charge is -2.33. The maximum absolute atomic E-state index is 14.1. The van der Waals surface area contributed by atoms with Crippen molar-refractivity contribution in [3.05, 3.63) is 138 Å². The number of methoxy groups -OCH3 is 1. The van der Waals surface area contributed by atoms with Gasteiger partial charge in [0.1, 0.15) is 11.8 Å². The summed E-state index contributed by atoms with van der Waals surface area (Å²) in [5, 5.41) is 2.98. The predicted molar refractivity (Wildman–Crippen MR) is 163 cm³/mol. The van der Waals surface area contributed by atoms with Gasteiger partial charge in [-0.3, -0.25) is 9.59 Å². The summed E-state index contributed by atoms with van der Waals surface area (Å²) in [5.74, 6) is -0.222. The molecule has 4 rings (SSSR count). The predicted octanol–water partition coefficient (Wildman–Crippen LogP) is 4.54. The van der Waals surface area contributed by atoms with Crippen molar-refractivity contribution in [3.63, 3.8) is 0 Å². The van der Waals surface area contributed by atoms with E-state index in [2.05, 4.69) is 5.32 Å². The molecule has 1 unspecified atom stereocenters. The number of nitrogens with zero attached hydrogens (tertiary/aromatic N) is 2. The molecule has 8 nitrogen and oxygen atoms in total. The molecule has 0 aliphatic heterocycles. The normalized spacial score (nSPS) is 12.0. The molecular weight excluding hydrogens is 550 g/mol. The van der Waals surface area contributed by atoms with Crippen LogP contribution in [0, 0.1) is 0 Å². The maximum atomic E-state index is 14.1. The monoisotopic (exact) mass is 585 g/mol. The van der Waals surface area contributed by atoms with Gasteiger partial charge >= 0.3 is 0 Å². The third-order valence-electron chi connectivity index (χ3n) is 6.80. The lowest BCUT2D eigenvalue weighted by Crippen LogP contribution is -2.47. The Morgan fingerprint density at radius 3 is 1.81 bits per heavy atom. The van der Waals surface area contributed by atoms with Crippen LogP contribution in [-0.4, -0.2) is 49.3 Å². The molecule has 0 heterocycles. The number of sulfonamides is 1. The van der Waals surface area contributed by atoms with Gasteiger partial charge in [0.25, 0.3) is 0 Å². The van der Waals surface area contributed by atoms with Gasteiger partial charge in [-0.1, -0.05) is 103 Å². The van der Waals surface area contributed by atoms with E-state index in [0.29, 0.717) is 11.3 Å². The molecule has 0 radical (unpaired) electrons. The van der Waals surface area contributed by atoms with Gasteiger partial charge in [0.15, 0.2) is 0 Å². The Hall–Kier alpha value is -4.47. The molecule has 2 amide bonds. The first-order valence-corrected chi connectivity index (χ1v) is 15.4. The van der Waals surface area contributed by atoms with Crippen LogP contribution in [0.5, 0.6) is 5.75 Å². The Labute approximate surface area is 247 Å². The Balaban J connectivity index is 1.70. The molecule has 0 spiro atoms. The van der Waals surface area contributed by atoms with Crippen LogP contribution in [-0.2, 0) is 39.2 Å². The van der Waals surface area contributed by atoms with Crippen molar-refractivity contribution in [2.75, 3.05) is 19.9 Å². The van der Waals surface area contributed by atoms with Crippen molar-refractivity contribution in [3.8, 4) is 5.75 Å². The van der Waals surface area contributed by atoms with E-state index in [1.165, 1.54) is 4.90 Å². The maximum Gasteiger partial charge on any atom is 0.247 e. The highest BCUT2D eigenvalue weighted by molar-refractivity contribution is 7.88. The Morgan fingerprint density at radius 1 is 0.738 bits per heavy atom. The summed E-state index contributed by atoms with van der Waals surface area (Å²) in [6.45, 7) is -0.0572. The number of rotatable bonds is 13. The second-order valence-electron chi connectivity index (χ2n) is 9.90. The molecule has 9 heteroatoms. The van der Waals surface area contributed by atoms with E-state index < -0.39 is 28.5 Å². The van der Waals surface area contributed by atoms with E-state index in [9.17, 15) is 18.0 Å². The molecule has 4 aromatic carbocycles. The average molecular weight is 586 g/mol. The highest BCUT2D eigenvalue weighted by Crippen LogP contribution is 2.26. The van der Waals surface area contributed by atoms with Gasteiger partial charge in [-0.25, -0.2) is 8.42 Å². The van der Waals surface area contributed by atoms with Gasteiger partial charge in [0, 0.05) is 19.6 Å². The number of nitrogens with one attached hydrogen (secondary N) is 1. The fraction of sp³-hybridized carbons (Fsp3) is 0.212. The minimum absolute atomic E-state index is 0.0258. The van der Waals surface area contributed by atoms with Crippen molar-refractivity contribution < 1.29 is 22.7 Å². The molecule has 218 valence electrons. The zero-order valence-electron chi connectivity index (χ0n) is 23.7. The summed E-state index contributed by atoms with van der Waals surface area (Å²) < 4.78 is 32.0. The quantitative estimate of drug-likeness (QED) is 0.249. The first-order chi connectivity index (χ1) is 20.2.